The number of nitro benzene ring substituents is 1. The number of rotatable bonds is 6. The van der Waals surface area contributed by atoms with Gasteiger partial charge in [-0.25, -0.2) is 0 Å². The first kappa shape index (κ1) is 20.3. The number of para-hydroxylation sites is 1. The van der Waals surface area contributed by atoms with Crippen molar-refractivity contribution >= 4 is 40.7 Å². The second-order valence-electron chi connectivity index (χ2n) is 6.03. The number of nitrogens with one attached hydrogen (secondary N) is 2. The van der Waals surface area contributed by atoms with Crippen LogP contribution in [0.3, 0.4) is 0 Å². The van der Waals surface area contributed by atoms with E-state index in [0.29, 0.717) is 11.5 Å². The average Bonchev–Trinajstić information content (AvgIpc) is 2.66. The van der Waals surface area contributed by atoms with Crippen molar-refractivity contribution in [3.05, 3.63) is 75.8 Å². The summed E-state index contributed by atoms with van der Waals surface area (Å²) >= 11 is 5.21. The van der Waals surface area contributed by atoms with Crippen LogP contribution in [0.5, 0.6) is 0 Å². The highest BCUT2D eigenvalue weighted by atomic mass is 32.1. The summed E-state index contributed by atoms with van der Waals surface area (Å²) in [5.41, 5.74) is 2.51. The van der Waals surface area contributed by atoms with Crippen molar-refractivity contribution in [1.82, 2.24) is 5.32 Å². The summed E-state index contributed by atoms with van der Waals surface area (Å²) in [5.74, 6) is -0.0546. The predicted molar refractivity (Wildman–Crippen MR) is 112 cm³/mol. The van der Waals surface area contributed by atoms with E-state index in [-0.39, 0.29) is 10.8 Å². The van der Waals surface area contributed by atoms with Crippen LogP contribution in [-0.2, 0) is 4.79 Å². The third kappa shape index (κ3) is 6.00. The molecule has 0 aliphatic carbocycles. The van der Waals surface area contributed by atoms with Gasteiger partial charge in [0, 0.05) is 23.9 Å². The number of carbonyl (C=O) groups excluding carboxylic acids is 1. The molecule has 0 fully saturated rings. The van der Waals surface area contributed by atoms with Crippen molar-refractivity contribution < 1.29 is 9.72 Å². The average molecular weight is 383 g/mol. The van der Waals surface area contributed by atoms with E-state index in [9.17, 15) is 14.9 Å². The van der Waals surface area contributed by atoms with Crippen molar-refractivity contribution in [2.24, 2.45) is 0 Å². The summed E-state index contributed by atoms with van der Waals surface area (Å²) in [6, 6.07) is 13.8. The number of hydrogen-bond acceptors (Lipinski definition) is 4. The summed E-state index contributed by atoms with van der Waals surface area (Å²) in [7, 11) is 0. The van der Waals surface area contributed by atoms with Crippen LogP contribution in [-0.4, -0.2) is 15.9 Å². The normalized spacial score (nSPS) is 11.8. The fraction of sp³-hybridized carbons (Fsp3) is 0.200. The summed E-state index contributed by atoms with van der Waals surface area (Å²) in [6.45, 7) is 4.24. The number of anilines is 1. The minimum Gasteiger partial charge on any atom is -0.332 e. The molecule has 2 aromatic carbocycles. The zero-order chi connectivity index (χ0) is 19.8. The second kappa shape index (κ2) is 9.59. The lowest BCUT2D eigenvalue weighted by atomic mass is 9.97. The number of amides is 1. The number of non-ortho nitro benzene ring substituents is 1. The summed E-state index contributed by atoms with van der Waals surface area (Å²) in [4.78, 5) is 22.4. The van der Waals surface area contributed by atoms with Crippen molar-refractivity contribution in [3.8, 4) is 0 Å². The highest BCUT2D eigenvalue weighted by Gasteiger charge is 2.10. The fourth-order valence-electron chi connectivity index (χ4n) is 2.48. The monoisotopic (exact) mass is 383 g/mol. The van der Waals surface area contributed by atoms with Crippen LogP contribution < -0.4 is 10.6 Å². The molecule has 0 aliphatic heterocycles. The molecule has 0 saturated carbocycles. The zero-order valence-corrected chi connectivity index (χ0v) is 16.0. The molecular weight excluding hydrogens is 362 g/mol. The molecule has 2 aromatic rings. The van der Waals surface area contributed by atoms with Gasteiger partial charge in [0.25, 0.3) is 5.69 Å². The first-order valence-corrected chi connectivity index (χ1v) is 8.95. The third-order valence-electron chi connectivity index (χ3n) is 4.10. The number of hydrogen-bond donors (Lipinski definition) is 2. The van der Waals surface area contributed by atoms with Crippen LogP contribution in [0, 0.1) is 10.1 Å². The van der Waals surface area contributed by atoms with E-state index >= 15 is 0 Å². The molecule has 0 aromatic heterocycles. The van der Waals surface area contributed by atoms with E-state index in [2.05, 4.69) is 24.5 Å². The first-order valence-electron chi connectivity index (χ1n) is 8.54. The van der Waals surface area contributed by atoms with E-state index < -0.39 is 10.8 Å². The lowest BCUT2D eigenvalue weighted by molar-refractivity contribution is -0.384. The molecule has 0 unspecified atom stereocenters. The topological polar surface area (TPSA) is 84.3 Å². The van der Waals surface area contributed by atoms with Gasteiger partial charge in [0.2, 0.25) is 5.91 Å². The second-order valence-corrected chi connectivity index (χ2v) is 6.43. The molecule has 0 saturated heterocycles. The largest absolute Gasteiger partial charge is 0.332 e. The number of benzene rings is 2. The molecule has 1 amide bonds. The van der Waals surface area contributed by atoms with Crippen molar-refractivity contribution in [2.75, 3.05) is 5.32 Å². The van der Waals surface area contributed by atoms with Gasteiger partial charge in [0.1, 0.15) is 0 Å². The van der Waals surface area contributed by atoms with Gasteiger partial charge >= 0.3 is 0 Å². The van der Waals surface area contributed by atoms with Gasteiger partial charge in [-0.05, 0) is 47.8 Å². The maximum atomic E-state index is 12.1. The van der Waals surface area contributed by atoms with Crippen molar-refractivity contribution in [1.29, 1.82) is 0 Å². The van der Waals surface area contributed by atoms with Crippen molar-refractivity contribution in [3.63, 3.8) is 0 Å². The first-order chi connectivity index (χ1) is 12.9. The molecule has 140 valence electrons. The smallest absolute Gasteiger partial charge is 0.270 e. The molecule has 0 spiro atoms. The van der Waals surface area contributed by atoms with E-state index in [1.54, 1.807) is 12.1 Å². The van der Waals surface area contributed by atoms with Crippen LogP contribution in [0.2, 0.25) is 0 Å². The minimum absolute atomic E-state index is 0.0311. The van der Waals surface area contributed by atoms with Gasteiger partial charge in [0.05, 0.1) is 4.92 Å². The van der Waals surface area contributed by atoms with Gasteiger partial charge in [-0.2, -0.15) is 0 Å². The fourth-order valence-corrected chi connectivity index (χ4v) is 2.69. The van der Waals surface area contributed by atoms with Crippen LogP contribution in [0.25, 0.3) is 6.08 Å². The molecule has 7 heteroatoms. The van der Waals surface area contributed by atoms with E-state index in [1.165, 1.54) is 24.3 Å². The third-order valence-corrected chi connectivity index (χ3v) is 4.30. The molecule has 0 bridgehead atoms. The molecule has 0 heterocycles. The number of nitrogens with zero attached hydrogens (tertiary/aromatic N) is 1. The molecule has 2 N–H and O–H groups in total. The molecule has 6 nitrogen and oxygen atoms in total. The van der Waals surface area contributed by atoms with Crippen LogP contribution in [0.1, 0.15) is 37.3 Å². The lowest BCUT2D eigenvalue weighted by Gasteiger charge is -2.16. The molecule has 1 atom stereocenters. The Morgan fingerprint density at radius 1 is 1.26 bits per heavy atom. The number of nitro groups is 1. The van der Waals surface area contributed by atoms with E-state index in [0.717, 1.165) is 17.7 Å². The SMILES string of the molecule is CC[C@@H](C)c1ccccc1NC(=S)NC(=O)/C=C/c1cccc([N+](=O)[O-])c1. The highest BCUT2D eigenvalue weighted by molar-refractivity contribution is 7.80. The maximum absolute atomic E-state index is 12.1. The Morgan fingerprint density at radius 3 is 2.70 bits per heavy atom. The Balaban J connectivity index is 1.99. The Morgan fingerprint density at radius 2 is 2.00 bits per heavy atom. The van der Waals surface area contributed by atoms with Crippen LogP contribution >= 0.6 is 12.2 Å². The molecular formula is C20H21N3O3S. The Labute approximate surface area is 163 Å². The Hall–Kier alpha value is -3.06. The molecule has 0 radical (unpaired) electrons. The quantitative estimate of drug-likeness (QED) is 0.329. The number of thiocarbonyl (C=S) groups is 1. The Kier molecular flexibility index (Phi) is 7.19. The standard InChI is InChI=1S/C20H21N3O3S/c1-3-14(2)17-9-4-5-10-18(17)21-20(27)22-19(24)12-11-15-7-6-8-16(13-15)23(25)26/h4-14H,3H2,1-2H3,(H2,21,22,24,27)/b12-11+/t14-/m1/s1. The van der Waals surface area contributed by atoms with Gasteiger partial charge in [-0.1, -0.05) is 44.2 Å². The Bertz CT molecular complexity index is 880. The van der Waals surface area contributed by atoms with Gasteiger partial charge in [-0.3, -0.25) is 20.2 Å². The van der Waals surface area contributed by atoms with Gasteiger partial charge < -0.3 is 5.32 Å². The van der Waals surface area contributed by atoms with Crippen molar-refractivity contribution in [2.45, 2.75) is 26.2 Å². The van der Waals surface area contributed by atoms with Gasteiger partial charge in [0.15, 0.2) is 5.11 Å². The lowest BCUT2D eigenvalue weighted by Crippen LogP contribution is -2.33. The van der Waals surface area contributed by atoms with E-state index in [1.807, 2.05) is 24.3 Å². The van der Waals surface area contributed by atoms with Crippen LogP contribution in [0.4, 0.5) is 11.4 Å². The molecule has 2 rings (SSSR count). The van der Waals surface area contributed by atoms with Gasteiger partial charge in [-0.15, -0.1) is 0 Å². The predicted octanol–water partition coefficient (Wildman–Crippen LogP) is 4.63. The molecule has 0 aliphatic rings. The van der Waals surface area contributed by atoms with Crippen LogP contribution in [0.15, 0.2) is 54.6 Å². The number of carbonyl (C=O) groups is 1. The summed E-state index contributed by atoms with van der Waals surface area (Å²) in [5, 5.41) is 16.6. The molecule has 27 heavy (non-hydrogen) atoms. The minimum atomic E-state index is -0.481. The summed E-state index contributed by atoms with van der Waals surface area (Å²) < 4.78 is 0. The highest BCUT2D eigenvalue weighted by Crippen LogP contribution is 2.26. The zero-order valence-electron chi connectivity index (χ0n) is 15.1. The summed E-state index contributed by atoms with van der Waals surface area (Å²) in [6.07, 6.45) is 3.77. The maximum Gasteiger partial charge on any atom is 0.270 e. The van der Waals surface area contributed by atoms with E-state index in [4.69, 9.17) is 12.2 Å².